The van der Waals surface area contributed by atoms with E-state index in [4.69, 9.17) is 4.42 Å². The summed E-state index contributed by atoms with van der Waals surface area (Å²) in [7, 11) is 0. The fourth-order valence-corrected chi connectivity index (χ4v) is 0.866. The van der Waals surface area contributed by atoms with Crippen molar-refractivity contribution in [2.24, 2.45) is 5.41 Å². The molecule has 1 heterocycles. The van der Waals surface area contributed by atoms with Crippen molar-refractivity contribution in [2.45, 2.75) is 33.6 Å². The summed E-state index contributed by atoms with van der Waals surface area (Å²) >= 11 is 0. The molecule has 0 N–H and O–H groups in total. The van der Waals surface area contributed by atoms with Crippen molar-refractivity contribution >= 4 is 0 Å². The van der Waals surface area contributed by atoms with Gasteiger partial charge in [-0.05, 0) is 5.41 Å². The van der Waals surface area contributed by atoms with Crippen LogP contribution in [0.5, 0.6) is 0 Å². The number of nitrogens with zero attached hydrogens (tertiary/aromatic N) is 1. The van der Waals surface area contributed by atoms with Crippen LogP contribution in [0, 0.1) is 5.41 Å². The van der Waals surface area contributed by atoms with Gasteiger partial charge in [-0.2, -0.15) is 0 Å². The second-order valence-corrected chi connectivity index (χ2v) is 3.99. The SMILES string of the molecule is C[C@@H](c1cnco1)C(C)(C)C. The third kappa shape index (κ3) is 1.82. The van der Waals surface area contributed by atoms with Gasteiger partial charge in [0.25, 0.3) is 0 Å². The van der Waals surface area contributed by atoms with E-state index in [-0.39, 0.29) is 5.41 Å². The van der Waals surface area contributed by atoms with E-state index in [1.807, 2.05) is 0 Å². The molecule has 0 saturated carbocycles. The average Bonchev–Trinajstić information content (AvgIpc) is 2.34. The zero-order chi connectivity index (χ0) is 8.48. The van der Waals surface area contributed by atoms with Crippen LogP contribution in [0.3, 0.4) is 0 Å². The normalized spacial score (nSPS) is 14.9. The van der Waals surface area contributed by atoms with E-state index in [9.17, 15) is 0 Å². The summed E-state index contributed by atoms with van der Waals surface area (Å²) in [6.07, 6.45) is 3.27. The van der Waals surface area contributed by atoms with Crippen LogP contribution in [0.15, 0.2) is 17.0 Å². The Morgan fingerprint density at radius 1 is 1.45 bits per heavy atom. The molecule has 0 unspecified atom stereocenters. The minimum absolute atomic E-state index is 0.250. The second-order valence-electron chi connectivity index (χ2n) is 3.99. The molecular weight excluding hydrogens is 138 g/mol. The predicted octanol–water partition coefficient (Wildman–Crippen LogP) is 2.82. The lowest BCUT2D eigenvalue weighted by Gasteiger charge is -2.24. The molecule has 0 radical (unpaired) electrons. The summed E-state index contributed by atoms with van der Waals surface area (Å²) < 4.78 is 5.21. The second kappa shape index (κ2) is 2.68. The summed E-state index contributed by atoms with van der Waals surface area (Å²) in [4.78, 5) is 3.89. The molecule has 0 aliphatic carbocycles. The fraction of sp³-hybridized carbons (Fsp3) is 0.667. The maximum absolute atomic E-state index is 5.21. The van der Waals surface area contributed by atoms with Gasteiger partial charge in [0.1, 0.15) is 5.76 Å². The molecule has 0 bridgehead atoms. The standard InChI is InChI=1S/C9H15NO/c1-7(9(2,3)4)8-5-10-6-11-8/h5-7H,1-4H3/t7-/m0/s1. The monoisotopic (exact) mass is 153 g/mol. The van der Waals surface area contributed by atoms with Crippen molar-refractivity contribution in [3.63, 3.8) is 0 Å². The summed E-state index contributed by atoms with van der Waals surface area (Å²) in [5.41, 5.74) is 0.250. The van der Waals surface area contributed by atoms with Crippen LogP contribution in [0.1, 0.15) is 39.4 Å². The first-order valence-electron chi connectivity index (χ1n) is 3.90. The van der Waals surface area contributed by atoms with Crippen LogP contribution in [0.25, 0.3) is 0 Å². The molecule has 0 fully saturated rings. The highest BCUT2D eigenvalue weighted by Gasteiger charge is 2.23. The third-order valence-corrected chi connectivity index (χ3v) is 2.18. The van der Waals surface area contributed by atoms with Crippen molar-refractivity contribution in [3.8, 4) is 0 Å². The molecule has 0 spiro atoms. The smallest absolute Gasteiger partial charge is 0.180 e. The Balaban J connectivity index is 2.78. The Hall–Kier alpha value is -0.790. The van der Waals surface area contributed by atoms with Crippen LogP contribution >= 0.6 is 0 Å². The van der Waals surface area contributed by atoms with E-state index in [2.05, 4.69) is 32.7 Å². The molecule has 0 amide bonds. The number of hydrogen-bond acceptors (Lipinski definition) is 2. The van der Waals surface area contributed by atoms with Gasteiger partial charge in [-0.3, -0.25) is 0 Å². The zero-order valence-corrected chi connectivity index (χ0v) is 7.59. The Labute approximate surface area is 67.6 Å². The number of hydrogen-bond donors (Lipinski definition) is 0. The van der Waals surface area contributed by atoms with E-state index in [1.54, 1.807) is 6.20 Å². The lowest BCUT2D eigenvalue weighted by atomic mass is 9.81. The molecule has 0 saturated heterocycles. The highest BCUT2D eigenvalue weighted by Crippen LogP contribution is 2.33. The van der Waals surface area contributed by atoms with Gasteiger partial charge < -0.3 is 4.42 Å². The molecule has 1 aromatic rings. The highest BCUT2D eigenvalue weighted by molar-refractivity contribution is 5.01. The first-order chi connectivity index (χ1) is 5.02. The topological polar surface area (TPSA) is 26.0 Å². The van der Waals surface area contributed by atoms with Gasteiger partial charge in [-0.1, -0.05) is 27.7 Å². The summed E-state index contributed by atoms with van der Waals surface area (Å²) in [6, 6.07) is 0. The van der Waals surface area contributed by atoms with Crippen LogP contribution < -0.4 is 0 Å². The molecule has 62 valence electrons. The lowest BCUT2D eigenvalue weighted by molar-refractivity contribution is 0.296. The average molecular weight is 153 g/mol. The molecule has 2 nitrogen and oxygen atoms in total. The van der Waals surface area contributed by atoms with E-state index >= 15 is 0 Å². The van der Waals surface area contributed by atoms with Gasteiger partial charge in [0, 0.05) is 5.92 Å². The molecule has 2 heteroatoms. The first-order valence-corrected chi connectivity index (χ1v) is 3.90. The Morgan fingerprint density at radius 2 is 2.09 bits per heavy atom. The van der Waals surface area contributed by atoms with E-state index in [1.165, 1.54) is 6.39 Å². The largest absolute Gasteiger partial charge is 0.448 e. The molecule has 0 aliphatic heterocycles. The van der Waals surface area contributed by atoms with Crippen molar-refractivity contribution in [3.05, 3.63) is 18.4 Å². The zero-order valence-electron chi connectivity index (χ0n) is 7.59. The van der Waals surface area contributed by atoms with E-state index < -0.39 is 0 Å². The fourth-order valence-electron chi connectivity index (χ4n) is 0.866. The van der Waals surface area contributed by atoms with Gasteiger partial charge in [0.05, 0.1) is 6.20 Å². The van der Waals surface area contributed by atoms with Crippen molar-refractivity contribution < 1.29 is 4.42 Å². The van der Waals surface area contributed by atoms with Crippen molar-refractivity contribution in [2.75, 3.05) is 0 Å². The molecule has 1 rings (SSSR count). The Kier molecular flexibility index (Phi) is 2.03. The highest BCUT2D eigenvalue weighted by atomic mass is 16.3. The van der Waals surface area contributed by atoms with E-state index in [0.717, 1.165) is 5.76 Å². The molecule has 1 aromatic heterocycles. The maximum atomic E-state index is 5.21. The van der Waals surface area contributed by atoms with Crippen LogP contribution in [-0.4, -0.2) is 4.98 Å². The van der Waals surface area contributed by atoms with Gasteiger partial charge >= 0.3 is 0 Å². The lowest BCUT2D eigenvalue weighted by Crippen LogP contribution is -2.14. The summed E-state index contributed by atoms with van der Waals surface area (Å²) in [5.74, 6) is 1.39. The summed E-state index contributed by atoms with van der Waals surface area (Å²) in [6.45, 7) is 8.74. The van der Waals surface area contributed by atoms with Crippen molar-refractivity contribution in [1.29, 1.82) is 0 Å². The molecule has 0 aromatic carbocycles. The van der Waals surface area contributed by atoms with Crippen LogP contribution in [0.4, 0.5) is 0 Å². The minimum Gasteiger partial charge on any atom is -0.448 e. The number of rotatable bonds is 1. The first kappa shape index (κ1) is 8.31. The Morgan fingerprint density at radius 3 is 2.45 bits per heavy atom. The number of aromatic nitrogens is 1. The van der Waals surface area contributed by atoms with Crippen LogP contribution in [-0.2, 0) is 0 Å². The molecule has 1 atom stereocenters. The number of oxazole rings is 1. The predicted molar refractivity (Wildman–Crippen MR) is 44.4 cm³/mol. The van der Waals surface area contributed by atoms with Gasteiger partial charge in [-0.25, -0.2) is 4.98 Å². The van der Waals surface area contributed by atoms with E-state index in [0.29, 0.717) is 5.92 Å². The molecule has 0 aliphatic rings. The van der Waals surface area contributed by atoms with Gasteiger partial charge in [0.15, 0.2) is 6.39 Å². The van der Waals surface area contributed by atoms with Crippen molar-refractivity contribution in [1.82, 2.24) is 4.98 Å². The quantitative estimate of drug-likeness (QED) is 0.620. The maximum Gasteiger partial charge on any atom is 0.180 e. The van der Waals surface area contributed by atoms with Gasteiger partial charge in [-0.15, -0.1) is 0 Å². The van der Waals surface area contributed by atoms with Crippen LogP contribution in [0.2, 0.25) is 0 Å². The Bertz CT molecular complexity index is 208. The van der Waals surface area contributed by atoms with Gasteiger partial charge in [0.2, 0.25) is 0 Å². The molecule has 11 heavy (non-hydrogen) atoms. The third-order valence-electron chi connectivity index (χ3n) is 2.18. The molecular formula is C9H15NO. The minimum atomic E-state index is 0.250. The summed E-state index contributed by atoms with van der Waals surface area (Å²) in [5, 5.41) is 0.